The first-order valence-electron chi connectivity index (χ1n) is 14.1. The summed E-state index contributed by atoms with van der Waals surface area (Å²) in [5.74, 6) is 0. The molecule has 0 radical (unpaired) electrons. The average Bonchev–Trinajstić information content (AvgIpc) is 3.54. The van der Waals surface area contributed by atoms with Gasteiger partial charge in [0.25, 0.3) is 0 Å². The second-order valence-corrected chi connectivity index (χ2v) is 10.7. The van der Waals surface area contributed by atoms with E-state index in [-0.39, 0.29) is 0 Å². The van der Waals surface area contributed by atoms with Crippen molar-refractivity contribution in [3.05, 3.63) is 158 Å². The fourth-order valence-electron chi connectivity index (χ4n) is 6.41. The molecule has 0 unspecified atom stereocenters. The van der Waals surface area contributed by atoms with Crippen LogP contribution in [0.15, 0.2) is 152 Å². The summed E-state index contributed by atoms with van der Waals surface area (Å²) >= 11 is 0. The largest absolute Gasteiger partial charge is 0.309 e. The molecule has 0 atom stereocenters. The number of allylic oxidation sites excluding steroid dienone is 1. The van der Waals surface area contributed by atoms with Crippen molar-refractivity contribution in [3.63, 3.8) is 0 Å². The van der Waals surface area contributed by atoms with Gasteiger partial charge >= 0.3 is 0 Å². The van der Waals surface area contributed by atoms with E-state index in [0.717, 1.165) is 6.42 Å². The molecule has 2 heterocycles. The predicted octanol–water partition coefficient (Wildman–Crippen LogP) is 10.3. The van der Waals surface area contributed by atoms with Crippen molar-refractivity contribution >= 4 is 43.6 Å². The second kappa shape index (κ2) is 9.39. The molecule has 6 aromatic carbocycles. The van der Waals surface area contributed by atoms with Crippen LogP contribution in [0.2, 0.25) is 0 Å². The monoisotopic (exact) mass is 524 g/mol. The maximum Gasteiger partial charge on any atom is 0.0541 e. The summed E-state index contributed by atoms with van der Waals surface area (Å²) in [6, 6.07) is 50.6. The average molecular weight is 525 g/mol. The number of nitrogens with zero attached hydrogens (tertiary/aromatic N) is 2. The molecule has 0 spiro atoms. The molecule has 0 fully saturated rings. The van der Waals surface area contributed by atoms with Crippen LogP contribution in [-0.2, 0) is 6.42 Å². The van der Waals surface area contributed by atoms with Gasteiger partial charge in [0, 0.05) is 32.9 Å². The smallest absolute Gasteiger partial charge is 0.0541 e. The molecule has 0 N–H and O–H groups in total. The molecule has 0 saturated carbocycles. The van der Waals surface area contributed by atoms with Crippen molar-refractivity contribution in [1.29, 1.82) is 0 Å². The van der Waals surface area contributed by atoms with E-state index >= 15 is 0 Å². The SMILES string of the molecule is C=CCc1ccc2c(c1)c1cc(-c3ccc4c(c3)c3ccccc3n4-c3ccccc3)ccc1n2-c1ccccc1. The number of para-hydroxylation sites is 3. The molecule has 41 heavy (non-hydrogen) atoms. The van der Waals surface area contributed by atoms with E-state index in [4.69, 9.17) is 0 Å². The number of fused-ring (bicyclic) bond motifs is 6. The third-order valence-electron chi connectivity index (χ3n) is 8.24. The maximum atomic E-state index is 3.97. The Kier molecular flexibility index (Phi) is 5.39. The summed E-state index contributed by atoms with van der Waals surface area (Å²) in [4.78, 5) is 0. The van der Waals surface area contributed by atoms with Crippen LogP contribution in [0.5, 0.6) is 0 Å². The summed E-state index contributed by atoms with van der Waals surface area (Å²) in [5.41, 5.74) is 10.9. The van der Waals surface area contributed by atoms with E-state index in [1.54, 1.807) is 0 Å². The van der Waals surface area contributed by atoms with Crippen LogP contribution in [0.4, 0.5) is 0 Å². The summed E-state index contributed by atoms with van der Waals surface area (Å²) in [5, 5.41) is 5.07. The summed E-state index contributed by atoms with van der Waals surface area (Å²) in [6.07, 6.45) is 2.83. The highest BCUT2D eigenvalue weighted by Crippen LogP contribution is 2.38. The van der Waals surface area contributed by atoms with Gasteiger partial charge in [0.15, 0.2) is 0 Å². The summed E-state index contributed by atoms with van der Waals surface area (Å²) < 4.78 is 4.75. The van der Waals surface area contributed by atoms with E-state index in [2.05, 4.69) is 155 Å². The Morgan fingerprint density at radius 3 is 1.49 bits per heavy atom. The number of hydrogen-bond acceptors (Lipinski definition) is 0. The predicted molar refractivity (Wildman–Crippen MR) is 174 cm³/mol. The van der Waals surface area contributed by atoms with Gasteiger partial charge in [-0.3, -0.25) is 0 Å². The van der Waals surface area contributed by atoms with Crippen molar-refractivity contribution in [2.24, 2.45) is 0 Å². The molecule has 2 aromatic heterocycles. The zero-order valence-electron chi connectivity index (χ0n) is 22.7. The number of aromatic nitrogens is 2. The first kappa shape index (κ1) is 23.5. The lowest BCUT2D eigenvalue weighted by molar-refractivity contribution is 1.18. The molecule has 0 bridgehead atoms. The van der Waals surface area contributed by atoms with Crippen LogP contribution in [0.25, 0.3) is 66.1 Å². The quantitative estimate of drug-likeness (QED) is 0.198. The molecule has 194 valence electrons. The van der Waals surface area contributed by atoms with Crippen LogP contribution in [0.1, 0.15) is 5.56 Å². The Morgan fingerprint density at radius 1 is 0.439 bits per heavy atom. The number of benzene rings is 6. The number of rotatable bonds is 5. The van der Waals surface area contributed by atoms with Gasteiger partial charge in [-0.2, -0.15) is 0 Å². The highest BCUT2D eigenvalue weighted by molar-refractivity contribution is 6.12. The van der Waals surface area contributed by atoms with Gasteiger partial charge in [0.1, 0.15) is 0 Å². The molecular formula is C39H28N2. The lowest BCUT2D eigenvalue weighted by Crippen LogP contribution is -1.93. The Balaban J connectivity index is 1.36. The van der Waals surface area contributed by atoms with Gasteiger partial charge in [-0.1, -0.05) is 78.9 Å². The van der Waals surface area contributed by atoms with Gasteiger partial charge in [0.2, 0.25) is 0 Å². The zero-order chi connectivity index (χ0) is 27.3. The van der Waals surface area contributed by atoms with Gasteiger partial charge < -0.3 is 9.13 Å². The fourth-order valence-corrected chi connectivity index (χ4v) is 6.41. The zero-order valence-corrected chi connectivity index (χ0v) is 22.7. The van der Waals surface area contributed by atoms with Crippen molar-refractivity contribution < 1.29 is 0 Å². The Labute approximate surface area is 239 Å². The van der Waals surface area contributed by atoms with E-state index < -0.39 is 0 Å². The molecule has 8 rings (SSSR count). The summed E-state index contributed by atoms with van der Waals surface area (Å²) in [6.45, 7) is 3.97. The third kappa shape index (κ3) is 3.72. The molecule has 0 aliphatic heterocycles. The number of hydrogen-bond donors (Lipinski definition) is 0. The minimum absolute atomic E-state index is 0.857. The van der Waals surface area contributed by atoms with Crippen molar-refractivity contribution in [1.82, 2.24) is 9.13 Å². The normalized spacial score (nSPS) is 11.6. The van der Waals surface area contributed by atoms with E-state index in [0.29, 0.717) is 0 Å². The topological polar surface area (TPSA) is 9.86 Å². The molecule has 0 aliphatic carbocycles. The van der Waals surface area contributed by atoms with E-state index in [1.165, 1.54) is 71.7 Å². The highest BCUT2D eigenvalue weighted by Gasteiger charge is 2.16. The van der Waals surface area contributed by atoms with Crippen molar-refractivity contribution in [2.45, 2.75) is 6.42 Å². The standard InChI is InChI=1S/C39H28N2/c1-2-11-27-18-21-37-33(24-27)35-26-29(20-23-39(35)41(37)31-14-7-4-8-15-31)28-19-22-38-34(25-28)32-16-9-10-17-36(32)40(38)30-12-5-3-6-13-30/h2-10,12-26H,1,11H2. The van der Waals surface area contributed by atoms with Crippen LogP contribution < -0.4 is 0 Å². The fraction of sp³-hybridized carbons (Fsp3) is 0.0256. The van der Waals surface area contributed by atoms with Gasteiger partial charge in [-0.15, -0.1) is 6.58 Å². The highest BCUT2D eigenvalue weighted by atomic mass is 15.0. The first-order valence-corrected chi connectivity index (χ1v) is 14.1. The second-order valence-electron chi connectivity index (χ2n) is 10.7. The Bertz CT molecular complexity index is 2230. The minimum atomic E-state index is 0.857. The van der Waals surface area contributed by atoms with Crippen LogP contribution in [0.3, 0.4) is 0 Å². The van der Waals surface area contributed by atoms with Gasteiger partial charge in [0.05, 0.1) is 22.1 Å². The van der Waals surface area contributed by atoms with Crippen molar-refractivity contribution in [2.75, 3.05) is 0 Å². The summed E-state index contributed by atoms with van der Waals surface area (Å²) in [7, 11) is 0. The lowest BCUT2D eigenvalue weighted by Gasteiger charge is -2.09. The lowest BCUT2D eigenvalue weighted by atomic mass is 10.00. The Hall–Kier alpha value is -5.34. The van der Waals surface area contributed by atoms with E-state index in [1.807, 2.05) is 6.08 Å². The molecular weight excluding hydrogens is 496 g/mol. The van der Waals surface area contributed by atoms with Gasteiger partial charge in [-0.25, -0.2) is 0 Å². The molecule has 2 heteroatoms. The van der Waals surface area contributed by atoms with Crippen molar-refractivity contribution in [3.8, 4) is 22.5 Å². The van der Waals surface area contributed by atoms with Gasteiger partial charge in [-0.05, 0) is 89.8 Å². The first-order chi connectivity index (χ1) is 20.3. The molecule has 0 saturated heterocycles. The van der Waals surface area contributed by atoms with Crippen LogP contribution in [0, 0.1) is 0 Å². The van der Waals surface area contributed by atoms with Crippen LogP contribution >= 0.6 is 0 Å². The van der Waals surface area contributed by atoms with Crippen LogP contribution in [-0.4, -0.2) is 9.13 Å². The minimum Gasteiger partial charge on any atom is -0.309 e. The molecule has 8 aromatic rings. The maximum absolute atomic E-state index is 3.97. The third-order valence-corrected chi connectivity index (χ3v) is 8.24. The molecule has 0 amide bonds. The van der Waals surface area contributed by atoms with E-state index in [9.17, 15) is 0 Å². The molecule has 2 nitrogen and oxygen atoms in total. The Morgan fingerprint density at radius 2 is 0.902 bits per heavy atom. The molecule has 0 aliphatic rings.